The maximum absolute atomic E-state index is 13.0. The summed E-state index contributed by atoms with van der Waals surface area (Å²) in [7, 11) is 0. The maximum Gasteiger partial charge on any atom is 0.343 e. The highest BCUT2D eigenvalue weighted by Gasteiger charge is 2.30. The van der Waals surface area contributed by atoms with E-state index in [1.807, 2.05) is 38.7 Å². The van der Waals surface area contributed by atoms with Crippen LogP contribution in [0.5, 0.6) is 0 Å². The Kier molecular flexibility index (Phi) is 4.83. The predicted octanol–water partition coefficient (Wildman–Crippen LogP) is 2.64. The van der Waals surface area contributed by atoms with Crippen LogP contribution in [0.25, 0.3) is 0 Å². The molecule has 0 spiro atoms. The molecule has 1 amide bonds. The van der Waals surface area contributed by atoms with Gasteiger partial charge in [0.2, 0.25) is 0 Å². The molecule has 0 bridgehead atoms. The Labute approximate surface area is 147 Å². The van der Waals surface area contributed by atoms with Crippen LogP contribution in [-0.4, -0.2) is 38.7 Å². The molecule has 1 atom stereocenters. The van der Waals surface area contributed by atoms with E-state index in [1.54, 1.807) is 4.57 Å². The van der Waals surface area contributed by atoms with Gasteiger partial charge in [0.1, 0.15) is 17.3 Å². The van der Waals surface area contributed by atoms with Crippen molar-refractivity contribution >= 4 is 5.91 Å². The second-order valence-electron chi connectivity index (χ2n) is 6.99. The van der Waals surface area contributed by atoms with Crippen molar-refractivity contribution in [2.45, 2.75) is 58.9 Å². The highest BCUT2D eigenvalue weighted by atomic mass is 16.3. The van der Waals surface area contributed by atoms with Gasteiger partial charge in [-0.1, -0.05) is 13.8 Å². The lowest BCUT2D eigenvalue weighted by Crippen LogP contribution is -2.40. The van der Waals surface area contributed by atoms with Gasteiger partial charge in [0.25, 0.3) is 5.91 Å². The smallest absolute Gasteiger partial charge is 0.343 e. The summed E-state index contributed by atoms with van der Waals surface area (Å²) >= 11 is 0. The van der Waals surface area contributed by atoms with Gasteiger partial charge in [-0.3, -0.25) is 9.36 Å². The van der Waals surface area contributed by atoms with E-state index in [9.17, 15) is 9.59 Å². The Balaban J connectivity index is 1.81. The maximum atomic E-state index is 13.0. The topological polar surface area (TPSA) is 84.1 Å². The third-order valence-corrected chi connectivity index (χ3v) is 4.91. The van der Waals surface area contributed by atoms with Crippen molar-refractivity contribution in [3.05, 3.63) is 39.5 Å². The zero-order chi connectivity index (χ0) is 18.1. The third kappa shape index (κ3) is 3.27. The van der Waals surface area contributed by atoms with E-state index in [4.69, 9.17) is 4.42 Å². The first kappa shape index (κ1) is 17.5. The quantitative estimate of drug-likeness (QED) is 0.922. The summed E-state index contributed by atoms with van der Waals surface area (Å²) in [5.74, 6) is 2.57. The molecular weight excluding hydrogens is 320 g/mol. The second kappa shape index (κ2) is 6.90. The van der Waals surface area contributed by atoms with Crippen LogP contribution in [0.2, 0.25) is 0 Å². The van der Waals surface area contributed by atoms with Crippen LogP contribution in [0.15, 0.2) is 15.3 Å². The van der Waals surface area contributed by atoms with Crippen molar-refractivity contribution in [2.75, 3.05) is 13.1 Å². The lowest BCUT2D eigenvalue weighted by Gasteiger charge is -2.32. The molecule has 1 aliphatic rings. The number of aryl methyl sites for hydroxylation is 1. The van der Waals surface area contributed by atoms with Crippen LogP contribution in [0, 0.1) is 6.92 Å². The van der Waals surface area contributed by atoms with Crippen LogP contribution in [0.4, 0.5) is 0 Å². The van der Waals surface area contributed by atoms with E-state index >= 15 is 0 Å². The molecule has 25 heavy (non-hydrogen) atoms. The van der Waals surface area contributed by atoms with Crippen molar-refractivity contribution < 1.29 is 9.21 Å². The molecule has 0 aromatic carbocycles. The average Bonchev–Trinajstić information content (AvgIpc) is 3.17. The minimum Gasteiger partial charge on any atom is -0.465 e. The van der Waals surface area contributed by atoms with Crippen molar-refractivity contribution in [3.63, 3.8) is 0 Å². The Morgan fingerprint density at radius 3 is 2.88 bits per heavy atom. The molecule has 136 valence electrons. The fraction of sp³-hybridized carbons (Fsp3) is 0.611. The first-order chi connectivity index (χ1) is 11.9. The van der Waals surface area contributed by atoms with E-state index < -0.39 is 0 Å². The van der Waals surface area contributed by atoms with Gasteiger partial charge >= 0.3 is 5.69 Å². The Morgan fingerprint density at radius 2 is 2.24 bits per heavy atom. The van der Waals surface area contributed by atoms with Crippen molar-refractivity contribution in [3.8, 4) is 0 Å². The van der Waals surface area contributed by atoms with Gasteiger partial charge in [-0.2, -0.15) is 5.10 Å². The minimum absolute atomic E-state index is 0.00113. The van der Waals surface area contributed by atoms with E-state index in [0.29, 0.717) is 24.4 Å². The zero-order valence-electron chi connectivity index (χ0n) is 15.3. The summed E-state index contributed by atoms with van der Waals surface area (Å²) in [5, 5.41) is 6.72. The number of H-pyrrole nitrogens is 1. The largest absolute Gasteiger partial charge is 0.465 e. The zero-order valence-corrected chi connectivity index (χ0v) is 15.3. The van der Waals surface area contributed by atoms with Crippen LogP contribution in [0.3, 0.4) is 0 Å². The minimum atomic E-state index is -0.187. The molecule has 1 fully saturated rings. The molecule has 0 aliphatic carbocycles. The van der Waals surface area contributed by atoms with Crippen LogP contribution in [0.1, 0.15) is 73.2 Å². The van der Waals surface area contributed by atoms with E-state index in [-0.39, 0.29) is 23.4 Å². The van der Waals surface area contributed by atoms with E-state index in [2.05, 4.69) is 10.2 Å². The molecule has 7 nitrogen and oxygen atoms in total. The predicted molar refractivity (Wildman–Crippen MR) is 93.9 cm³/mol. The summed E-state index contributed by atoms with van der Waals surface area (Å²) in [6, 6.07) is 1.86. The molecule has 0 radical (unpaired) electrons. The SMILES string of the molecule is CCn1c(C2CCCN(C(=O)c3cc(C(C)C)oc3C)C2)n[nH]c1=O. The van der Waals surface area contributed by atoms with Gasteiger partial charge < -0.3 is 9.32 Å². The number of carbonyl (C=O) groups excluding carboxylic acids is 1. The Bertz CT molecular complexity index is 815. The number of amides is 1. The van der Waals surface area contributed by atoms with Gasteiger partial charge in [0, 0.05) is 31.5 Å². The molecular formula is C18H26N4O3. The fourth-order valence-corrected chi connectivity index (χ4v) is 3.49. The van der Waals surface area contributed by atoms with Crippen LogP contribution in [-0.2, 0) is 6.54 Å². The summed E-state index contributed by atoms with van der Waals surface area (Å²) in [5.41, 5.74) is 0.451. The Morgan fingerprint density at radius 1 is 1.48 bits per heavy atom. The van der Waals surface area contributed by atoms with Gasteiger partial charge in [-0.15, -0.1) is 0 Å². The summed E-state index contributed by atoms with van der Waals surface area (Å²) in [4.78, 5) is 26.6. The molecule has 2 aromatic rings. The number of nitrogens with one attached hydrogen (secondary N) is 1. The molecule has 1 unspecified atom stereocenters. The van der Waals surface area contributed by atoms with Crippen LogP contribution < -0.4 is 5.69 Å². The number of aromatic amines is 1. The first-order valence-electron chi connectivity index (χ1n) is 8.97. The number of aromatic nitrogens is 3. The van der Waals surface area contributed by atoms with Gasteiger partial charge in [-0.25, -0.2) is 9.89 Å². The molecule has 1 N–H and O–H groups in total. The molecule has 3 rings (SSSR count). The average molecular weight is 346 g/mol. The summed E-state index contributed by atoms with van der Waals surface area (Å²) in [6.45, 7) is 9.73. The van der Waals surface area contributed by atoms with Crippen molar-refractivity contribution in [1.29, 1.82) is 0 Å². The Hall–Kier alpha value is -2.31. The number of hydrogen-bond acceptors (Lipinski definition) is 4. The highest BCUT2D eigenvalue weighted by Crippen LogP contribution is 2.28. The number of likely N-dealkylation sites (tertiary alicyclic amines) is 1. The molecule has 7 heteroatoms. The molecule has 2 aromatic heterocycles. The number of piperidine rings is 1. The van der Waals surface area contributed by atoms with E-state index in [1.165, 1.54) is 0 Å². The highest BCUT2D eigenvalue weighted by molar-refractivity contribution is 5.95. The monoisotopic (exact) mass is 346 g/mol. The third-order valence-electron chi connectivity index (χ3n) is 4.91. The lowest BCUT2D eigenvalue weighted by molar-refractivity contribution is 0.0701. The first-order valence-corrected chi connectivity index (χ1v) is 8.97. The van der Waals surface area contributed by atoms with E-state index in [0.717, 1.165) is 31.0 Å². The van der Waals surface area contributed by atoms with Gasteiger partial charge in [0.05, 0.1) is 5.56 Å². The standard InChI is InChI=1S/C18H26N4O3/c1-5-22-16(19-20-18(22)24)13-7-6-8-21(10-13)17(23)14-9-15(11(2)3)25-12(14)4/h9,11,13H,5-8,10H2,1-4H3,(H,20,24). The number of furan rings is 1. The number of hydrogen-bond donors (Lipinski definition) is 1. The van der Waals surface area contributed by atoms with Crippen molar-refractivity contribution in [2.24, 2.45) is 0 Å². The lowest BCUT2D eigenvalue weighted by atomic mass is 9.96. The van der Waals surface area contributed by atoms with Crippen molar-refractivity contribution in [1.82, 2.24) is 19.7 Å². The summed E-state index contributed by atoms with van der Waals surface area (Å²) < 4.78 is 7.38. The van der Waals surface area contributed by atoms with Crippen LogP contribution >= 0.6 is 0 Å². The number of nitrogens with zero attached hydrogens (tertiary/aromatic N) is 3. The normalized spacial score (nSPS) is 18.1. The number of rotatable bonds is 4. The second-order valence-corrected chi connectivity index (χ2v) is 6.99. The molecule has 1 aliphatic heterocycles. The molecule has 0 saturated carbocycles. The molecule has 3 heterocycles. The van der Waals surface area contributed by atoms with Gasteiger partial charge in [0.15, 0.2) is 0 Å². The molecule has 1 saturated heterocycles. The van der Waals surface area contributed by atoms with Gasteiger partial charge in [-0.05, 0) is 32.8 Å². The fourth-order valence-electron chi connectivity index (χ4n) is 3.49. The summed E-state index contributed by atoms with van der Waals surface area (Å²) in [6.07, 6.45) is 1.82. The number of carbonyl (C=O) groups is 1.